The van der Waals surface area contributed by atoms with Crippen LogP contribution in [0, 0.1) is 0 Å². The summed E-state index contributed by atoms with van der Waals surface area (Å²) in [5.41, 5.74) is 2.30. The molecular formula is C12H17NO2. The number of amides is 1. The molecule has 1 heterocycles. The first-order valence-electron chi connectivity index (χ1n) is 5.51. The highest BCUT2D eigenvalue weighted by atomic mass is 16.5. The van der Waals surface area contributed by atoms with Crippen LogP contribution in [0.4, 0.5) is 0 Å². The summed E-state index contributed by atoms with van der Waals surface area (Å²) in [6, 6.07) is 0. The van der Waals surface area contributed by atoms with Gasteiger partial charge in [0.2, 0.25) is 5.91 Å². The van der Waals surface area contributed by atoms with Gasteiger partial charge in [-0.3, -0.25) is 4.79 Å². The molecule has 1 aliphatic heterocycles. The van der Waals surface area contributed by atoms with E-state index < -0.39 is 0 Å². The molecule has 0 unspecified atom stereocenters. The monoisotopic (exact) mass is 207 g/mol. The molecule has 0 N–H and O–H groups in total. The number of nitrogens with zero attached hydrogens (tertiary/aromatic N) is 1. The summed E-state index contributed by atoms with van der Waals surface area (Å²) >= 11 is 0. The maximum absolute atomic E-state index is 12.0. The fourth-order valence-corrected chi connectivity index (χ4v) is 1.89. The Bertz CT molecular complexity index is 312. The lowest BCUT2D eigenvalue weighted by Crippen LogP contribution is -2.41. The van der Waals surface area contributed by atoms with Crippen molar-refractivity contribution in [2.45, 2.75) is 19.8 Å². The van der Waals surface area contributed by atoms with Crippen LogP contribution in [0.2, 0.25) is 0 Å². The average Bonchev–Trinajstić information content (AvgIpc) is 2.30. The summed E-state index contributed by atoms with van der Waals surface area (Å²) in [7, 11) is 0. The molecule has 1 aliphatic carbocycles. The molecule has 2 rings (SSSR count). The van der Waals surface area contributed by atoms with E-state index in [-0.39, 0.29) is 5.91 Å². The van der Waals surface area contributed by atoms with E-state index in [1.54, 1.807) is 0 Å². The van der Waals surface area contributed by atoms with Crippen molar-refractivity contribution in [2.24, 2.45) is 0 Å². The smallest absolute Gasteiger partial charge is 0.249 e. The predicted molar refractivity (Wildman–Crippen MR) is 58.5 cm³/mol. The van der Waals surface area contributed by atoms with E-state index in [0.717, 1.165) is 31.5 Å². The summed E-state index contributed by atoms with van der Waals surface area (Å²) in [4.78, 5) is 13.9. The molecular weight excluding hydrogens is 190 g/mol. The molecule has 0 aromatic carbocycles. The number of hydrogen-bond acceptors (Lipinski definition) is 2. The van der Waals surface area contributed by atoms with Gasteiger partial charge in [0, 0.05) is 18.7 Å². The quantitative estimate of drug-likeness (QED) is 0.652. The van der Waals surface area contributed by atoms with Gasteiger partial charge in [-0.2, -0.15) is 0 Å². The average molecular weight is 207 g/mol. The molecule has 0 aromatic rings. The Balaban J connectivity index is 2.01. The van der Waals surface area contributed by atoms with Gasteiger partial charge in [0.1, 0.15) is 0 Å². The Labute approximate surface area is 90.4 Å². The van der Waals surface area contributed by atoms with Gasteiger partial charge in [0.25, 0.3) is 0 Å². The van der Waals surface area contributed by atoms with Crippen molar-refractivity contribution in [3.8, 4) is 0 Å². The zero-order valence-corrected chi connectivity index (χ0v) is 9.16. The minimum absolute atomic E-state index is 0.196. The first-order valence-corrected chi connectivity index (χ1v) is 5.51. The summed E-state index contributed by atoms with van der Waals surface area (Å²) in [5.74, 6) is 0.196. The highest BCUT2D eigenvalue weighted by molar-refractivity contribution is 5.94. The first-order chi connectivity index (χ1) is 7.27. The van der Waals surface area contributed by atoms with E-state index in [1.807, 2.05) is 11.0 Å². The predicted octanol–water partition coefficient (Wildman–Crippen LogP) is 1.51. The Morgan fingerprint density at radius 1 is 1.27 bits per heavy atom. The maximum Gasteiger partial charge on any atom is 0.249 e. The van der Waals surface area contributed by atoms with Crippen LogP contribution in [0.5, 0.6) is 0 Å². The molecule has 1 saturated heterocycles. The van der Waals surface area contributed by atoms with Crippen molar-refractivity contribution in [1.29, 1.82) is 0 Å². The molecule has 0 bridgehead atoms. The number of ether oxygens (including phenoxy) is 1. The SMILES string of the molecule is CC1=CC=C(C(=O)N2CCOCC2)CC1. The summed E-state index contributed by atoms with van der Waals surface area (Å²) in [6.45, 7) is 4.92. The third-order valence-electron chi connectivity index (χ3n) is 2.93. The molecule has 15 heavy (non-hydrogen) atoms. The lowest BCUT2D eigenvalue weighted by Gasteiger charge is -2.28. The third kappa shape index (κ3) is 2.48. The second-order valence-electron chi connectivity index (χ2n) is 4.11. The standard InChI is InChI=1S/C12H17NO2/c1-10-2-4-11(5-3-10)12(14)13-6-8-15-9-7-13/h2,4H,3,5-9H2,1H3. The maximum atomic E-state index is 12.0. The van der Waals surface area contributed by atoms with Gasteiger partial charge in [-0.05, 0) is 19.8 Å². The van der Waals surface area contributed by atoms with Crippen LogP contribution in [0.25, 0.3) is 0 Å². The number of hydrogen-bond donors (Lipinski definition) is 0. The molecule has 3 heteroatoms. The normalized spacial score (nSPS) is 22.1. The number of carbonyl (C=O) groups excluding carboxylic acids is 1. The van der Waals surface area contributed by atoms with Crippen LogP contribution >= 0.6 is 0 Å². The molecule has 0 radical (unpaired) electrons. The number of carbonyl (C=O) groups is 1. The molecule has 2 aliphatic rings. The van der Waals surface area contributed by atoms with Crippen molar-refractivity contribution in [2.75, 3.05) is 26.3 Å². The Hall–Kier alpha value is -1.09. The van der Waals surface area contributed by atoms with Crippen molar-refractivity contribution >= 4 is 5.91 Å². The van der Waals surface area contributed by atoms with Gasteiger partial charge in [-0.25, -0.2) is 0 Å². The zero-order valence-electron chi connectivity index (χ0n) is 9.16. The van der Waals surface area contributed by atoms with Crippen molar-refractivity contribution < 1.29 is 9.53 Å². The summed E-state index contributed by atoms with van der Waals surface area (Å²) < 4.78 is 5.23. The molecule has 0 atom stereocenters. The molecule has 82 valence electrons. The fourth-order valence-electron chi connectivity index (χ4n) is 1.89. The van der Waals surface area contributed by atoms with E-state index in [2.05, 4.69) is 13.0 Å². The van der Waals surface area contributed by atoms with E-state index in [0.29, 0.717) is 13.2 Å². The van der Waals surface area contributed by atoms with Crippen LogP contribution in [0.1, 0.15) is 19.8 Å². The van der Waals surface area contributed by atoms with Crippen LogP contribution in [-0.4, -0.2) is 37.1 Å². The second-order valence-corrected chi connectivity index (χ2v) is 4.11. The fraction of sp³-hybridized carbons (Fsp3) is 0.583. The Morgan fingerprint density at radius 3 is 2.60 bits per heavy atom. The topological polar surface area (TPSA) is 29.5 Å². The first kappa shape index (κ1) is 10.4. The summed E-state index contributed by atoms with van der Waals surface area (Å²) in [6.07, 6.45) is 5.92. The minimum Gasteiger partial charge on any atom is -0.378 e. The number of rotatable bonds is 1. The molecule has 1 amide bonds. The van der Waals surface area contributed by atoms with Crippen LogP contribution in [0.15, 0.2) is 23.3 Å². The van der Waals surface area contributed by atoms with Gasteiger partial charge >= 0.3 is 0 Å². The number of allylic oxidation sites excluding steroid dienone is 3. The molecule has 1 fully saturated rings. The molecule has 0 aromatic heterocycles. The van der Waals surface area contributed by atoms with E-state index in [9.17, 15) is 4.79 Å². The Morgan fingerprint density at radius 2 is 2.00 bits per heavy atom. The van der Waals surface area contributed by atoms with Crippen LogP contribution in [-0.2, 0) is 9.53 Å². The molecule has 0 saturated carbocycles. The van der Waals surface area contributed by atoms with Crippen molar-refractivity contribution in [3.05, 3.63) is 23.3 Å². The van der Waals surface area contributed by atoms with Crippen molar-refractivity contribution in [3.63, 3.8) is 0 Å². The van der Waals surface area contributed by atoms with Gasteiger partial charge in [0.15, 0.2) is 0 Å². The zero-order chi connectivity index (χ0) is 10.7. The van der Waals surface area contributed by atoms with E-state index >= 15 is 0 Å². The lowest BCUT2D eigenvalue weighted by molar-refractivity contribution is -0.131. The highest BCUT2D eigenvalue weighted by Gasteiger charge is 2.20. The Kier molecular flexibility index (Phi) is 3.21. The third-order valence-corrected chi connectivity index (χ3v) is 2.93. The highest BCUT2D eigenvalue weighted by Crippen LogP contribution is 2.19. The largest absolute Gasteiger partial charge is 0.378 e. The molecule has 3 nitrogen and oxygen atoms in total. The van der Waals surface area contributed by atoms with Crippen molar-refractivity contribution in [1.82, 2.24) is 4.90 Å². The minimum atomic E-state index is 0.196. The van der Waals surface area contributed by atoms with E-state index in [4.69, 9.17) is 4.74 Å². The van der Waals surface area contributed by atoms with E-state index in [1.165, 1.54) is 5.57 Å². The summed E-state index contributed by atoms with van der Waals surface area (Å²) in [5, 5.41) is 0. The molecule has 0 spiro atoms. The van der Waals surface area contributed by atoms with Gasteiger partial charge in [0.05, 0.1) is 13.2 Å². The van der Waals surface area contributed by atoms with Gasteiger partial charge < -0.3 is 9.64 Å². The van der Waals surface area contributed by atoms with Crippen LogP contribution in [0.3, 0.4) is 0 Å². The second kappa shape index (κ2) is 4.62. The number of morpholine rings is 1. The van der Waals surface area contributed by atoms with Gasteiger partial charge in [-0.1, -0.05) is 17.7 Å². The lowest BCUT2D eigenvalue weighted by atomic mass is 9.98. The van der Waals surface area contributed by atoms with Crippen LogP contribution < -0.4 is 0 Å². The van der Waals surface area contributed by atoms with Gasteiger partial charge in [-0.15, -0.1) is 0 Å².